The molecule has 20 heteroatoms. The van der Waals surface area contributed by atoms with Crippen LogP contribution in [0.15, 0.2) is 78.1 Å². The largest absolute Gasteiger partial charge is 0.444 e. The lowest BCUT2D eigenvalue weighted by atomic mass is 9.42. The molecule has 19 nitrogen and oxygen atoms in total. The fourth-order valence-electron chi connectivity index (χ4n) is 11.3. The molecule has 2 bridgehead atoms. The number of H-pyrrole nitrogens is 1. The van der Waals surface area contributed by atoms with Crippen LogP contribution in [0.1, 0.15) is 96.2 Å². The number of nitrogens with one attached hydrogen (secondary N) is 2. The zero-order chi connectivity index (χ0) is 52.4. The van der Waals surface area contributed by atoms with Gasteiger partial charge in [-0.1, -0.05) is 24.3 Å². The van der Waals surface area contributed by atoms with Gasteiger partial charge >= 0.3 is 6.09 Å². The Hall–Kier alpha value is -7.19. The average molecular weight is 1030 g/mol. The van der Waals surface area contributed by atoms with E-state index in [2.05, 4.69) is 35.3 Å². The lowest BCUT2D eigenvalue weighted by molar-refractivity contribution is -0.134. The number of pyridine rings is 1. The maximum absolute atomic E-state index is 15.1. The SMILES string of the molecule is CC(C)(C)OC(=O)N(CC(=O)Nc1cc(C23CC(C2)C3)cnc1C(=O)N1CCC(CN2CCN(CC(=O)N3CCN(C(=O)c4cc(Cc5n[nH]c(=O)c6ccccc56)ccc4F)CC3)CC2)CC1)Cc1ccncn1. The number of rotatable bonds is 14. The van der Waals surface area contributed by atoms with Crippen LogP contribution >= 0.6 is 0 Å². The molecule has 75 heavy (non-hydrogen) atoms. The predicted octanol–water partition coefficient (Wildman–Crippen LogP) is 4.72. The summed E-state index contributed by atoms with van der Waals surface area (Å²) in [6, 6.07) is 15.2. The van der Waals surface area contributed by atoms with Crippen LogP contribution in [-0.4, -0.2) is 175 Å². The molecule has 5 amide bonds. The molecule has 0 unspecified atom stereocenters. The number of piperazine rings is 2. The van der Waals surface area contributed by atoms with E-state index in [-0.39, 0.29) is 53.7 Å². The van der Waals surface area contributed by atoms with E-state index in [1.165, 1.54) is 17.3 Å². The van der Waals surface area contributed by atoms with E-state index in [0.29, 0.717) is 85.0 Å². The Morgan fingerprint density at radius 1 is 0.827 bits per heavy atom. The van der Waals surface area contributed by atoms with Crippen LogP contribution in [0.25, 0.3) is 10.8 Å². The summed E-state index contributed by atoms with van der Waals surface area (Å²) < 4.78 is 20.8. The molecule has 0 atom stereocenters. The third-order valence-corrected chi connectivity index (χ3v) is 15.6. The van der Waals surface area contributed by atoms with Crippen LogP contribution in [0.4, 0.5) is 14.9 Å². The summed E-state index contributed by atoms with van der Waals surface area (Å²) >= 11 is 0. The Balaban J connectivity index is 0.679. The molecule has 0 spiro atoms. The van der Waals surface area contributed by atoms with Crippen molar-refractivity contribution in [2.45, 2.75) is 76.9 Å². The van der Waals surface area contributed by atoms with Crippen LogP contribution < -0.4 is 10.9 Å². The van der Waals surface area contributed by atoms with Crippen molar-refractivity contribution in [3.63, 3.8) is 0 Å². The highest BCUT2D eigenvalue weighted by Gasteiger charge is 2.57. The first-order valence-electron chi connectivity index (χ1n) is 26.2. The second-order valence-corrected chi connectivity index (χ2v) is 22.0. The topological polar surface area (TPSA) is 210 Å². The van der Waals surface area contributed by atoms with Crippen molar-refractivity contribution in [1.82, 2.24) is 54.5 Å². The minimum Gasteiger partial charge on any atom is -0.444 e. The smallest absolute Gasteiger partial charge is 0.411 e. The quantitative estimate of drug-likeness (QED) is 0.155. The summed E-state index contributed by atoms with van der Waals surface area (Å²) in [6.07, 6.45) is 9.25. The number of amides is 5. The van der Waals surface area contributed by atoms with Crippen LogP contribution in [0, 0.1) is 17.7 Å². The number of benzene rings is 2. The Morgan fingerprint density at radius 2 is 1.52 bits per heavy atom. The first-order valence-corrected chi connectivity index (χ1v) is 26.2. The molecule has 6 fully saturated rings. The number of anilines is 1. The summed E-state index contributed by atoms with van der Waals surface area (Å²) in [5, 5.41) is 10.9. The predicted molar refractivity (Wildman–Crippen MR) is 276 cm³/mol. The first-order chi connectivity index (χ1) is 36.1. The van der Waals surface area contributed by atoms with Gasteiger partial charge in [0.1, 0.15) is 24.3 Å². The number of halogens is 1. The van der Waals surface area contributed by atoms with Gasteiger partial charge in [0.05, 0.1) is 41.1 Å². The molecule has 6 aliphatic rings. The lowest BCUT2D eigenvalue weighted by Gasteiger charge is -2.62. The molecule has 6 heterocycles. The molecule has 3 saturated heterocycles. The highest BCUT2D eigenvalue weighted by atomic mass is 19.1. The number of likely N-dealkylation sites (tertiary alicyclic amines) is 1. The van der Waals surface area contributed by atoms with Crippen LogP contribution in [0.2, 0.25) is 0 Å². The van der Waals surface area contributed by atoms with E-state index in [9.17, 15) is 28.8 Å². The van der Waals surface area contributed by atoms with Gasteiger partial charge in [-0.05, 0) is 112 Å². The van der Waals surface area contributed by atoms with Gasteiger partial charge < -0.3 is 29.7 Å². The Labute approximate surface area is 434 Å². The second-order valence-electron chi connectivity index (χ2n) is 22.0. The van der Waals surface area contributed by atoms with Gasteiger partial charge in [-0.3, -0.25) is 33.8 Å². The normalized spacial score (nSPS) is 20.3. The molecule has 2 N–H and O–H groups in total. The minimum absolute atomic E-state index is 0.00833. The maximum atomic E-state index is 15.1. The number of piperidine rings is 1. The van der Waals surface area contributed by atoms with Crippen molar-refractivity contribution in [2.24, 2.45) is 11.8 Å². The van der Waals surface area contributed by atoms with Gasteiger partial charge in [-0.25, -0.2) is 29.2 Å². The van der Waals surface area contributed by atoms with E-state index in [0.717, 1.165) is 76.3 Å². The summed E-state index contributed by atoms with van der Waals surface area (Å²) in [5.41, 5.74) is 2.31. The maximum Gasteiger partial charge on any atom is 0.411 e. The van der Waals surface area contributed by atoms with Crippen molar-refractivity contribution in [3.05, 3.63) is 123 Å². The molecule has 3 saturated carbocycles. The van der Waals surface area contributed by atoms with Gasteiger partial charge in [0.25, 0.3) is 17.4 Å². The van der Waals surface area contributed by atoms with Crippen molar-refractivity contribution in [2.75, 3.05) is 90.4 Å². The van der Waals surface area contributed by atoms with Gasteiger partial charge in [-0.15, -0.1) is 0 Å². The Morgan fingerprint density at radius 3 is 2.20 bits per heavy atom. The third-order valence-electron chi connectivity index (χ3n) is 15.6. The number of hydrogen-bond acceptors (Lipinski definition) is 13. The van der Waals surface area contributed by atoms with E-state index in [1.807, 2.05) is 23.1 Å². The first kappa shape index (κ1) is 51.3. The highest BCUT2D eigenvalue weighted by molar-refractivity contribution is 6.03. The molecule has 3 aromatic heterocycles. The summed E-state index contributed by atoms with van der Waals surface area (Å²) in [7, 11) is 0. The van der Waals surface area contributed by atoms with Gasteiger partial charge in [-0.2, -0.15) is 5.10 Å². The number of nitrogens with zero attached hydrogens (tertiary/aromatic N) is 10. The van der Waals surface area contributed by atoms with Crippen molar-refractivity contribution < 1.29 is 33.1 Å². The molecule has 394 valence electrons. The van der Waals surface area contributed by atoms with Crippen LogP contribution in [0.3, 0.4) is 0 Å². The number of carbonyl (C=O) groups excluding carboxylic acids is 5. The fourth-order valence-corrected chi connectivity index (χ4v) is 11.3. The number of fused-ring (bicyclic) bond motifs is 1. The monoisotopic (exact) mass is 1020 g/mol. The number of ether oxygens (including phenoxy) is 1. The molecule has 11 rings (SSSR count). The summed E-state index contributed by atoms with van der Waals surface area (Å²) in [4.78, 5) is 105. The Kier molecular flexibility index (Phi) is 14.8. The summed E-state index contributed by atoms with van der Waals surface area (Å²) in [5.74, 6) is -0.654. The molecular formula is C55H65FN12O7. The zero-order valence-corrected chi connectivity index (χ0v) is 42.9. The van der Waals surface area contributed by atoms with Gasteiger partial charge in [0.15, 0.2) is 5.69 Å². The number of aromatic nitrogens is 5. The fraction of sp³-hybridized carbons (Fsp3) is 0.491. The third kappa shape index (κ3) is 11.7. The van der Waals surface area contributed by atoms with Gasteiger partial charge in [0, 0.05) is 96.2 Å². The molecule has 3 aliphatic carbocycles. The van der Waals surface area contributed by atoms with Crippen molar-refractivity contribution in [3.8, 4) is 0 Å². The van der Waals surface area contributed by atoms with Gasteiger partial charge in [0.2, 0.25) is 11.8 Å². The molecule has 0 radical (unpaired) electrons. The number of hydrogen-bond donors (Lipinski definition) is 2. The number of carbonyl (C=O) groups is 5. The van der Waals surface area contributed by atoms with Crippen molar-refractivity contribution >= 4 is 46.2 Å². The molecular weight excluding hydrogens is 960 g/mol. The standard InChI is InChI=1S/C55H65FN12O7/c1-54(2,3)75-53(74)68(32-40-10-13-57-35-59-40)33-47(69)60-46-26-39(55-27-38(28-55)29-55)30-58-49(46)52(73)66-14-11-36(12-15-66)31-63-16-18-64(19-17-63)34-48(70)65-20-22-67(23-21-65)51(72)43-24-37(8-9-44(43)56)25-45-41-6-4-5-7-42(41)50(71)62-61-45/h4-10,13,24,26,30,35-36,38H,11-12,14-23,25,27-29,31-34H2,1-3H3,(H,60,69)(H,62,71). The molecule has 5 aromatic rings. The van der Waals surface area contributed by atoms with E-state index in [1.54, 1.807) is 73.3 Å². The van der Waals surface area contributed by atoms with E-state index < -0.39 is 29.3 Å². The van der Waals surface area contributed by atoms with Crippen molar-refractivity contribution in [1.29, 1.82) is 0 Å². The second kappa shape index (κ2) is 21.6. The molecule has 2 aromatic carbocycles. The van der Waals surface area contributed by atoms with Crippen LogP contribution in [0.5, 0.6) is 0 Å². The number of aromatic amines is 1. The van der Waals surface area contributed by atoms with E-state index in [4.69, 9.17) is 9.72 Å². The lowest BCUT2D eigenvalue weighted by Crippen LogP contribution is -2.55. The average Bonchev–Trinajstić information content (AvgIpc) is 3.38. The van der Waals surface area contributed by atoms with Crippen LogP contribution in [-0.2, 0) is 32.7 Å². The highest BCUT2D eigenvalue weighted by Crippen LogP contribution is 2.65. The minimum atomic E-state index is -0.789. The van der Waals surface area contributed by atoms with E-state index >= 15 is 4.39 Å². The molecule has 3 aliphatic heterocycles. The summed E-state index contributed by atoms with van der Waals surface area (Å²) in [6.45, 7) is 11.7. The Bertz CT molecular complexity index is 3000. The zero-order valence-electron chi connectivity index (χ0n) is 42.9.